The smallest absolute Gasteiger partial charge is 0.425 e. The molecule has 4 rings (SSSR count). The molecule has 3 saturated carbocycles. The lowest BCUT2D eigenvalue weighted by molar-refractivity contribution is -0.312. The third-order valence-corrected chi connectivity index (χ3v) is 6.27. The van der Waals surface area contributed by atoms with Crippen molar-refractivity contribution in [2.24, 2.45) is 11.3 Å². The third-order valence-electron chi connectivity index (χ3n) is 6.27. The molecular formula is C19H31BO5. The molecule has 0 radical (unpaired) electrons. The van der Waals surface area contributed by atoms with Crippen LogP contribution < -0.4 is 0 Å². The van der Waals surface area contributed by atoms with Gasteiger partial charge in [-0.2, -0.15) is 0 Å². The highest BCUT2D eigenvalue weighted by molar-refractivity contribution is 6.42. The zero-order chi connectivity index (χ0) is 18.9. The molecule has 0 aromatic heterocycles. The van der Waals surface area contributed by atoms with E-state index in [1.54, 1.807) is 13.8 Å². The molecular weight excluding hydrogens is 319 g/mol. The Bertz CT molecular complexity index is 550. The van der Waals surface area contributed by atoms with E-state index in [0.717, 1.165) is 24.8 Å². The van der Waals surface area contributed by atoms with E-state index in [2.05, 4.69) is 13.8 Å². The first-order valence-electron chi connectivity index (χ1n) is 8.98. The Labute approximate surface area is 150 Å². The first kappa shape index (κ1) is 20.4. The van der Waals surface area contributed by atoms with Crippen LogP contribution >= 0.6 is 0 Å². The molecule has 3 fully saturated rings. The molecule has 4 atom stereocenters. The van der Waals surface area contributed by atoms with Crippen molar-refractivity contribution in [2.75, 3.05) is 0 Å². The second kappa shape index (κ2) is 7.37. The van der Waals surface area contributed by atoms with Crippen molar-refractivity contribution in [1.82, 2.24) is 0 Å². The number of hydrogen-bond acceptors (Lipinski definition) is 5. The van der Waals surface area contributed by atoms with Crippen LogP contribution in [0, 0.1) is 11.3 Å². The Balaban J connectivity index is 0.000000181. The molecule has 0 saturated heterocycles. The molecule has 140 valence electrons. The van der Waals surface area contributed by atoms with E-state index in [1.165, 1.54) is 0 Å². The Morgan fingerprint density at radius 3 is 2.20 bits per heavy atom. The van der Waals surface area contributed by atoms with Gasteiger partial charge in [0.15, 0.2) is 0 Å². The van der Waals surface area contributed by atoms with Crippen molar-refractivity contribution in [3.63, 3.8) is 0 Å². The summed E-state index contributed by atoms with van der Waals surface area (Å²) in [5, 5.41) is 37.7. The van der Waals surface area contributed by atoms with Crippen LogP contribution in [0.15, 0.2) is 30.3 Å². The van der Waals surface area contributed by atoms with Gasteiger partial charge in [-0.1, -0.05) is 44.2 Å². The lowest BCUT2D eigenvalue weighted by Gasteiger charge is -2.68. The quantitative estimate of drug-likeness (QED) is 0.623. The van der Waals surface area contributed by atoms with Crippen LogP contribution in [0.1, 0.15) is 52.5 Å². The van der Waals surface area contributed by atoms with Gasteiger partial charge in [-0.15, -0.1) is 0 Å². The summed E-state index contributed by atoms with van der Waals surface area (Å²) in [6, 6.07) is 9.05. The summed E-state index contributed by atoms with van der Waals surface area (Å²) < 4.78 is 5.19. The highest BCUT2D eigenvalue weighted by atomic mass is 16.5. The van der Waals surface area contributed by atoms with Crippen LogP contribution in [0.25, 0.3) is 0 Å². The van der Waals surface area contributed by atoms with E-state index in [1.807, 2.05) is 30.3 Å². The van der Waals surface area contributed by atoms with Gasteiger partial charge in [0.1, 0.15) is 0 Å². The Hall–Kier alpha value is -0.915. The van der Waals surface area contributed by atoms with Crippen molar-refractivity contribution in [3.05, 3.63) is 35.9 Å². The summed E-state index contributed by atoms with van der Waals surface area (Å²) in [5.74, 6) is 0.614. The predicted molar refractivity (Wildman–Crippen MR) is 97.6 cm³/mol. The van der Waals surface area contributed by atoms with Gasteiger partial charge in [-0.3, -0.25) is 0 Å². The zero-order valence-electron chi connectivity index (χ0n) is 15.6. The van der Waals surface area contributed by atoms with Gasteiger partial charge in [0, 0.05) is 0 Å². The molecule has 1 aromatic rings. The summed E-state index contributed by atoms with van der Waals surface area (Å²) in [4.78, 5) is 0. The highest BCUT2D eigenvalue weighted by Crippen LogP contribution is 2.65. The first-order valence-corrected chi connectivity index (χ1v) is 8.98. The molecule has 3 aliphatic rings. The number of ether oxygens (including phenoxy) is 1. The minimum absolute atomic E-state index is 0.0885. The second-order valence-electron chi connectivity index (χ2n) is 8.21. The van der Waals surface area contributed by atoms with Gasteiger partial charge in [0.05, 0.1) is 23.8 Å². The van der Waals surface area contributed by atoms with Crippen molar-refractivity contribution >= 4 is 7.12 Å². The molecule has 0 aliphatic heterocycles. The molecule has 25 heavy (non-hydrogen) atoms. The van der Waals surface area contributed by atoms with Crippen molar-refractivity contribution in [3.8, 4) is 0 Å². The number of rotatable bonds is 4. The number of aliphatic hydroxyl groups is 2. The summed E-state index contributed by atoms with van der Waals surface area (Å²) >= 11 is 0. The van der Waals surface area contributed by atoms with Gasteiger partial charge < -0.3 is 25.0 Å². The van der Waals surface area contributed by atoms with Crippen LogP contribution in [-0.4, -0.2) is 44.6 Å². The monoisotopic (exact) mass is 350 g/mol. The third kappa shape index (κ3) is 3.93. The van der Waals surface area contributed by atoms with E-state index in [0.29, 0.717) is 12.5 Å². The van der Waals surface area contributed by atoms with Gasteiger partial charge >= 0.3 is 7.12 Å². The van der Waals surface area contributed by atoms with Crippen molar-refractivity contribution in [2.45, 2.75) is 70.8 Å². The van der Waals surface area contributed by atoms with Crippen LogP contribution in [0.3, 0.4) is 0 Å². The summed E-state index contributed by atoms with van der Waals surface area (Å²) in [7, 11) is -1.41. The van der Waals surface area contributed by atoms with Crippen LogP contribution in [-0.2, 0) is 11.3 Å². The lowest BCUT2D eigenvalue weighted by Crippen LogP contribution is -2.74. The van der Waals surface area contributed by atoms with Crippen molar-refractivity contribution < 1.29 is 25.0 Å². The minimum atomic E-state index is -1.41. The van der Waals surface area contributed by atoms with Crippen LogP contribution in [0.4, 0.5) is 0 Å². The first-order chi connectivity index (χ1) is 11.5. The topological polar surface area (TPSA) is 90.2 Å². The van der Waals surface area contributed by atoms with Crippen LogP contribution in [0.5, 0.6) is 0 Å². The largest absolute Gasteiger partial charge is 0.482 e. The maximum atomic E-state index is 10.2. The Morgan fingerprint density at radius 2 is 1.76 bits per heavy atom. The fraction of sp³-hybridized carbons (Fsp3) is 0.684. The maximum absolute atomic E-state index is 10.2. The Morgan fingerprint density at radius 1 is 1.16 bits per heavy atom. The molecule has 4 N–H and O–H groups in total. The van der Waals surface area contributed by atoms with Gasteiger partial charge in [-0.05, 0) is 50.0 Å². The fourth-order valence-corrected chi connectivity index (χ4v) is 4.01. The zero-order valence-corrected chi connectivity index (χ0v) is 15.6. The molecule has 3 aliphatic carbocycles. The minimum Gasteiger partial charge on any atom is -0.425 e. The van der Waals surface area contributed by atoms with E-state index >= 15 is 0 Å². The molecule has 2 bridgehead atoms. The fourth-order valence-electron chi connectivity index (χ4n) is 4.01. The average molecular weight is 350 g/mol. The second-order valence-corrected chi connectivity index (χ2v) is 8.21. The van der Waals surface area contributed by atoms with E-state index in [9.17, 15) is 10.2 Å². The number of fused-ring (bicyclic) bond motifs is 2. The summed E-state index contributed by atoms with van der Waals surface area (Å²) in [6.07, 6.45) is 2.59. The predicted octanol–water partition coefficient (Wildman–Crippen LogP) is 1.91. The van der Waals surface area contributed by atoms with E-state index in [4.69, 9.17) is 14.8 Å². The van der Waals surface area contributed by atoms with Crippen LogP contribution in [0.2, 0.25) is 0 Å². The van der Waals surface area contributed by atoms with E-state index in [-0.39, 0.29) is 5.41 Å². The average Bonchev–Trinajstić information content (AvgIpc) is 2.56. The molecule has 6 heteroatoms. The summed E-state index contributed by atoms with van der Waals surface area (Å²) in [5.41, 5.74) is -0.766. The number of benzene rings is 1. The van der Waals surface area contributed by atoms with Gasteiger partial charge in [0.2, 0.25) is 0 Å². The Kier molecular flexibility index (Phi) is 6.01. The van der Waals surface area contributed by atoms with Crippen molar-refractivity contribution in [1.29, 1.82) is 0 Å². The molecule has 1 aromatic carbocycles. The molecule has 4 unspecified atom stereocenters. The molecule has 5 nitrogen and oxygen atoms in total. The molecule has 0 amide bonds. The molecule has 0 heterocycles. The lowest BCUT2D eigenvalue weighted by atomic mass is 9.41. The normalized spacial score (nSPS) is 33.5. The maximum Gasteiger partial charge on any atom is 0.482 e. The molecule has 0 spiro atoms. The standard InChI is InChI=1S/C10H18O2.C9H13BO3/c1-8(2)7-4-5-9(3,11)10(8,12)6-7;1-8(10(11)12)13-7-9-5-3-2-4-6-9/h7,11-12H,4-6H2,1-3H3;2-6,8,11-12H,7H2,1H3. The van der Waals surface area contributed by atoms with Gasteiger partial charge in [-0.25, -0.2) is 0 Å². The number of hydrogen-bond donors (Lipinski definition) is 4. The highest BCUT2D eigenvalue weighted by Gasteiger charge is 2.69. The SMILES string of the molecule is CC(OCc1ccccc1)B(O)O.CC1(O)CCC2CC1(O)C2(C)C. The van der Waals surface area contributed by atoms with E-state index < -0.39 is 24.3 Å². The summed E-state index contributed by atoms with van der Waals surface area (Å²) in [6.45, 7) is 7.92. The van der Waals surface area contributed by atoms with Gasteiger partial charge in [0.25, 0.3) is 0 Å².